The molecule has 0 aromatic carbocycles. The van der Waals surface area contributed by atoms with Gasteiger partial charge in [-0.25, -0.2) is 9.13 Å². The van der Waals surface area contributed by atoms with Crippen LogP contribution in [0.25, 0.3) is 0 Å². The molecule has 1 aliphatic carbocycles. The predicted octanol–water partition coefficient (Wildman–Crippen LogP) is 2.91. The molecule has 0 heterocycles. The predicted molar refractivity (Wildman–Crippen MR) is 111 cm³/mol. The first-order chi connectivity index (χ1) is 13.7. The van der Waals surface area contributed by atoms with Gasteiger partial charge in [0.15, 0.2) is 0 Å². The SMILES string of the molecule is CN(COP(=O)(O)OP(=O)(O)OCC(C)(C)C)C(=O)CC1C(=O)CC(C(C)(C)C)C1=O. The molecule has 0 aromatic heterocycles. The average Bonchev–Trinajstić information content (AvgIpc) is 2.85. The van der Waals surface area contributed by atoms with Gasteiger partial charge in [0.1, 0.15) is 18.3 Å². The topological polar surface area (TPSA) is 157 Å². The summed E-state index contributed by atoms with van der Waals surface area (Å²) < 4.78 is 37.2. The van der Waals surface area contributed by atoms with Crippen molar-refractivity contribution in [1.29, 1.82) is 0 Å². The molecule has 31 heavy (non-hydrogen) atoms. The molecular formula is C18H33NO10P2. The number of Topliss-reactive ketones (excluding diaryl/α,β-unsaturated/α-hetero) is 2. The molecule has 0 aliphatic heterocycles. The van der Waals surface area contributed by atoms with Crippen molar-refractivity contribution in [1.82, 2.24) is 4.90 Å². The van der Waals surface area contributed by atoms with Gasteiger partial charge >= 0.3 is 15.6 Å². The van der Waals surface area contributed by atoms with E-state index in [1.165, 1.54) is 7.05 Å². The summed E-state index contributed by atoms with van der Waals surface area (Å²) in [6, 6.07) is 0. The van der Waals surface area contributed by atoms with Gasteiger partial charge in [0.25, 0.3) is 0 Å². The van der Waals surface area contributed by atoms with Gasteiger partial charge in [-0.05, 0) is 10.8 Å². The molecule has 0 spiro atoms. The summed E-state index contributed by atoms with van der Waals surface area (Å²) in [5.74, 6) is -2.83. The third-order valence-corrected chi connectivity index (χ3v) is 7.16. The number of ketones is 2. The maximum absolute atomic E-state index is 12.5. The van der Waals surface area contributed by atoms with Gasteiger partial charge in [0.2, 0.25) is 5.91 Å². The number of carbonyl (C=O) groups is 3. The van der Waals surface area contributed by atoms with E-state index in [1.54, 1.807) is 20.8 Å². The minimum atomic E-state index is -5.05. The van der Waals surface area contributed by atoms with Crippen LogP contribution >= 0.6 is 15.6 Å². The Morgan fingerprint density at radius 3 is 2.03 bits per heavy atom. The first-order valence-electron chi connectivity index (χ1n) is 9.70. The van der Waals surface area contributed by atoms with Crippen LogP contribution in [0.1, 0.15) is 54.4 Å². The summed E-state index contributed by atoms with van der Waals surface area (Å²) in [6.45, 7) is 9.68. The maximum atomic E-state index is 12.5. The van der Waals surface area contributed by atoms with Gasteiger partial charge in [0, 0.05) is 25.8 Å². The molecule has 0 bridgehead atoms. The molecule has 1 aliphatic rings. The molecule has 1 fully saturated rings. The van der Waals surface area contributed by atoms with Gasteiger partial charge in [0.05, 0.1) is 12.5 Å². The highest BCUT2D eigenvalue weighted by atomic mass is 31.3. The van der Waals surface area contributed by atoms with Crippen LogP contribution in [-0.2, 0) is 36.9 Å². The number of phosphoric acid groups is 2. The third kappa shape index (κ3) is 9.22. The number of rotatable bonds is 9. The molecule has 1 rings (SSSR count). The van der Waals surface area contributed by atoms with Crippen LogP contribution in [0.3, 0.4) is 0 Å². The van der Waals surface area contributed by atoms with E-state index in [0.29, 0.717) is 0 Å². The lowest BCUT2D eigenvalue weighted by Gasteiger charge is -2.25. The number of phosphoric ester groups is 2. The first-order valence-corrected chi connectivity index (χ1v) is 12.7. The maximum Gasteiger partial charge on any atom is 0.482 e. The first kappa shape index (κ1) is 28.1. The lowest BCUT2D eigenvalue weighted by Crippen LogP contribution is -2.33. The third-order valence-electron chi connectivity index (χ3n) is 4.61. The molecular weight excluding hydrogens is 452 g/mol. The van der Waals surface area contributed by atoms with Crippen molar-refractivity contribution < 1.29 is 46.7 Å². The molecule has 13 heteroatoms. The Labute approximate surface area is 182 Å². The lowest BCUT2D eigenvalue weighted by molar-refractivity contribution is -0.139. The van der Waals surface area contributed by atoms with E-state index >= 15 is 0 Å². The van der Waals surface area contributed by atoms with E-state index in [2.05, 4.69) is 13.4 Å². The number of nitrogens with zero attached hydrogens (tertiary/aromatic N) is 1. The second-order valence-electron chi connectivity index (χ2n) is 9.95. The number of carbonyl (C=O) groups excluding carboxylic acids is 3. The molecule has 0 saturated heterocycles. The summed E-state index contributed by atoms with van der Waals surface area (Å²) in [4.78, 5) is 57.2. The monoisotopic (exact) mass is 485 g/mol. The highest BCUT2D eigenvalue weighted by Crippen LogP contribution is 2.60. The zero-order chi connectivity index (χ0) is 24.4. The lowest BCUT2D eigenvalue weighted by atomic mass is 9.78. The van der Waals surface area contributed by atoms with Gasteiger partial charge in [-0.1, -0.05) is 41.5 Å². The Kier molecular flexibility index (Phi) is 8.99. The molecule has 2 N–H and O–H groups in total. The molecule has 180 valence electrons. The zero-order valence-corrected chi connectivity index (χ0v) is 20.8. The quantitative estimate of drug-likeness (QED) is 0.283. The normalized spacial score (nSPS) is 24.0. The fourth-order valence-electron chi connectivity index (χ4n) is 2.81. The Morgan fingerprint density at radius 1 is 1.06 bits per heavy atom. The second kappa shape index (κ2) is 9.91. The van der Waals surface area contributed by atoms with Crippen molar-refractivity contribution in [3.63, 3.8) is 0 Å². The van der Waals surface area contributed by atoms with E-state index in [0.717, 1.165) is 4.90 Å². The van der Waals surface area contributed by atoms with Crippen LogP contribution in [0.15, 0.2) is 0 Å². The summed E-state index contributed by atoms with van der Waals surface area (Å²) in [5.41, 5.74) is -0.913. The van der Waals surface area contributed by atoms with Gasteiger partial charge in [-0.3, -0.25) is 23.4 Å². The Bertz CT molecular complexity index is 798. The standard InChI is InChI=1S/C18H33NO10P2/c1-17(2,3)10-27-30(23,24)29-31(25,26)28-11-19(7)15(21)8-12-14(20)9-13(16(12)22)18(4,5)6/h12-13H,8-11H2,1-7H3,(H,23,24)(H,25,26). The van der Waals surface area contributed by atoms with Gasteiger partial charge in [-0.15, -0.1) is 0 Å². The number of hydrogen-bond donors (Lipinski definition) is 2. The molecule has 4 atom stereocenters. The van der Waals surface area contributed by atoms with Crippen LogP contribution in [0.4, 0.5) is 0 Å². The van der Waals surface area contributed by atoms with Crippen molar-refractivity contribution in [2.24, 2.45) is 22.7 Å². The van der Waals surface area contributed by atoms with Crippen molar-refractivity contribution in [3.8, 4) is 0 Å². The van der Waals surface area contributed by atoms with Crippen molar-refractivity contribution in [2.45, 2.75) is 54.4 Å². The van der Waals surface area contributed by atoms with Crippen LogP contribution in [0, 0.1) is 22.7 Å². The fourth-order valence-corrected chi connectivity index (χ4v) is 5.10. The van der Waals surface area contributed by atoms with E-state index in [4.69, 9.17) is 0 Å². The van der Waals surface area contributed by atoms with Crippen molar-refractivity contribution >= 4 is 33.1 Å². The fraction of sp³-hybridized carbons (Fsp3) is 0.833. The molecule has 0 radical (unpaired) electrons. The smallest absolute Gasteiger partial charge is 0.322 e. The largest absolute Gasteiger partial charge is 0.482 e. The van der Waals surface area contributed by atoms with Crippen molar-refractivity contribution in [3.05, 3.63) is 0 Å². The minimum absolute atomic E-state index is 0.0700. The van der Waals surface area contributed by atoms with E-state index in [1.807, 2.05) is 20.8 Å². The van der Waals surface area contributed by atoms with Crippen molar-refractivity contribution in [2.75, 3.05) is 20.4 Å². The Balaban J connectivity index is 2.63. The second-order valence-corrected chi connectivity index (χ2v) is 13.0. The van der Waals surface area contributed by atoms with Gasteiger partial charge < -0.3 is 14.7 Å². The highest BCUT2D eigenvalue weighted by Gasteiger charge is 2.47. The number of amides is 1. The van der Waals surface area contributed by atoms with Crippen LogP contribution in [-0.4, -0.2) is 52.5 Å². The summed E-state index contributed by atoms with van der Waals surface area (Å²) in [7, 11) is -8.71. The van der Waals surface area contributed by atoms with Gasteiger partial charge in [-0.2, -0.15) is 4.31 Å². The van der Waals surface area contributed by atoms with Crippen LogP contribution in [0.2, 0.25) is 0 Å². The Morgan fingerprint density at radius 2 is 1.58 bits per heavy atom. The Hall–Kier alpha value is -0.930. The zero-order valence-electron chi connectivity index (χ0n) is 19.0. The van der Waals surface area contributed by atoms with E-state index in [9.17, 15) is 33.3 Å². The highest BCUT2D eigenvalue weighted by molar-refractivity contribution is 7.61. The summed E-state index contributed by atoms with van der Waals surface area (Å²) in [5, 5.41) is 0. The van der Waals surface area contributed by atoms with Crippen LogP contribution < -0.4 is 0 Å². The van der Waals surface area contributed by atoms with E-state index in [-0.39, 0.29) is 24.6 Å². The molecule has 0 aromatic rings. The van der Waals surface area contributed by atoms with Crippen LogP contribution in [0.5, 0.6) is 0 Å². The molecule has 11 nitrogen and oxygen atoms in total. The number of hydrogen-bond acceptors (Lipinski definition) is 8. The minimum Gasteiger partial charge on any atom is -0.322 e. The molecule has 1 amide bonds. The summed E-state index contributed by atoms with van der Waals surface area (Å²) >= 11 is 0. The molecule has 4 unspecified atom stereocenters. The van der Waals surface area contributed by atoms with E-state index < -0.39 is 57.4 Å². The average molecular weight is 485 g/mol. The molecule has 1 saturated carbocycles. The summed E-state index contributed by atoms with van der Waals surface area (Å²) in [6.07, 6.45) is -0.325.